The molecule has 4 unspecified atom stereocenters. The lowest BCUT2D eigenvalue weighted by atomic mass is 9.86. The number of methoxy groups -OCH3 is 8. The summed E-state index contributed by atoms with van der Waals surface area (Å²) in [4.78, 5) is 27.9. The van der Waals surface area contributed by atoms with Gasteiger partial charge in [-0.2, -0.15) is 26.3 Å². The highest BCUT2D eigenvalue weighted by atomic mass is 19.3. The van der Waals surface area contributed by atoms with E-state index in [0.29, 0.717) is 67.9 Å². The fourth-order valence-electron chi connectivity index (χ4n) is 10.2. The minimum absolute atomic E-state index is 0.0301. The number of likely N-dealkylation sites (N-methyl/N-ethyl adjacent to an activating group) is 2. The van der Waals surface area contributed by atoms with Crippen LogP contribution in [0.5, 0.6) is 46.0 Å². The number of alkyl halides is 6. The van der Waals surface area contributed by atoms with Crippen molar-refractivity contribution in [3.8, 4) is 46.0 Å². The molecule has 2 aliphatic heterocycles. The van der Waals surface area contributed by atoms with Gasteiger partial charge in [0.05, 0.1) is 131 Å². The molecular formula is C55H72F6N4O10+2. The summed E-state index contributed by atoms with van der Waals surface area (Å²) in [5, 5.41) is 0. The first-order valence-electron chi connectivity index (χ1n) is 27.2. The largest absolute Gasteiger partial charge is 0.493 e. The first-order chi connectivity index (χ1) is 37.9. The van der Waals surface area contributed by atoms with Gasteiger partial charge in [-0.25, -0.2) is 0 Å². The van der Waals surface area contributed by atoms with Crippen molar-refractivity contribution in [2.45, 2.75) is 68.4 Å². The second-order valence-corrected chi connectivity index (χ2v) is 19.1. The Hall–Kier alpha value is -6.28. The van der Waals surface area contributed by atoms with Crippen LogP contribution in [0.25, 0.3) is 0 Å². The van der Waals surface area contributed by atoms with Crippen LogP contribution in [0.3, 0.4) is 0 Å². The zero-order valence-electron chi connectivity index (χ0n) is 50.1. The topological polar surface area (TPSA) is 114 Å². The lowest BCUT2D eigenvalue weighted by molar-refractivity contribution is -0.940. The summed E-state index contributed by atoms with van der Waals surface area (Å²) in [6.07, 6.45) is -1.21. The molecule has 2 heterocycles. The van der Waals surface area contributed by atoms with E-state index in [-0.39, 0.29) is 60.1 Å². The van der Waals surface area contributed by atoms with Gasteiger partial charge in [0.15, 0.2) is 46.0 Å². The number of ether oxygens (including phenoxy) is 8. The molecule has 0 fully saturated rings. The Bertz CT molecular complexity index is 2710. The van der Waals surface area contributed by atoms with Crippen LogP contribution in [0.4, 0.5) is 26.3 Å². The summed E-state index contributed by atoms with van der Waals surface area (Å²) in [6, 6.07) is 14.8. The van der Waals surface area contributed by atoms with Gasteiger partial charge in [-0.3, -0.25) is 9.59 Å². The van der Waals surface area contributed by atoms with Gasteiger partial charge in [0, 0.05) is 50.9 Å². The molecule has 0 N–H and O–H groups in total. The van der Waals surface area contributed by atoms with Crippen molar-refractivity contribution >= 4 is 11.8 Å². The number of benzene rings is 4. The first-order valence-corrected chi connectivity index (χ1v) is 24.2. The number of carbonyl (C=O) groups excluding carboxylic acids is 2. The first kappa shape index (κ1) is 49.6. The Kier molecular flexibility index (Phi) is 15.4. The molecule has 0 saturated heterocycles. The van der Waals surface area contributed by atoms with Gasteiger partial charge in [0.1, 0.15) is 12.1 Å². The van der Waals surface area contributed by atoms with E-state index in [1.54, 1.807) is 60.7 Å². The Morgan fingerprint density at radius 1 is 0.520 bits per heavy atom. The predicted octanol–water partition coefficient (Wildman–Crippen LogP) is 8.63. The molecule has 4 atom stereocenters. The van der Waals surface area contributed by atoms with E-state index >= 15 is 26.3 Å². The van der Waals surface area contributed by atoms with E-state index in [1.165, 1.54) is 56.9 Å². The number of halogens is 6. The molecule has 0 radical (unpaired) electrons. The van der Waals surface area contributed by atoms with Gasteiger partial charge in [0.2, 0.25) is 11.8 Å². The number of hydrogen-bond acceptors (Lipinski definition) is 10. The van der Waals surface area contributed by atoms with Gasteiger partial charge in [-0.05, 0) is 70.8 Å². The lowest BCUT2D eigenvalue weighted by Gasteiger charge is -2.46. The van der Waals surface area contributed by atoms with Crippen molar-refractivity contribution in [3.63, 3.8) is 0 Å². The monoisotopic (exact) mass is 1070 g/mol. The number of quaternary nitrogens is 2. The maximum Gasteiger partial charge on any atom is 0.375 e. The summed E-state index contributed by atoms with van der Waals surface area (Å²) >= 11 is 0. The van der Waals surface area contributed by atoms with E-state index in [0.717, 1.165) is 14.1 Å². The molecule has 6 rings (SSSR count). The number of fused-ring (bicyclic) bond motifs is 2. The van der Waals surface area contributed by atoms with E-state index in [9.17, 15) is 9.59 Å². The van der Waals surface area contributed by atoms with Crippen molar-refractivity contribution in [2.75, 3.05) is 124 Å². The molecule has 0 aliphatic carbocycles. The van der Waals surface area contributed by atoms with Crippen LogP contribution in [0.15, 0.2) is 60.7 Å². The Morgan fingerprint density at radius 2 is 0.840 bits per heavy atom. The minimum Gasteiger partial charge on any atom is -0.493 e. The summed E-state index contributed by atoms with van der Waals surface area (Å²) in [7, 11) is 12.8. The molecule has 4 aromatic carbocycles. The maximum absolute atomic E-state index is 15.9. The summed E-state index contributed by atoms with van der Waals surface area (Å²) in [5.41, 5.74) is 3.66. The number of hydrogen-bond donors (Lipinski definition) is 0. The number of rotatable bonds is 24. The Labute approximate surface area is 444 Å². The van der Waals surface area contributed by atoms with Gasteiger partial charge >= 0.3 is 17.8 Å². The molecule has 0 spiro atoms. The number of carbonyl (C=O) groups is 2. The summed E-state index contributed by atoms with van der Waals surface area (Å²) in [5.74, 6) is -17.1. The second kappa shape index (κ2) is 23.3. The molecule has 2 amide bonds. The SMILES string of the molecule is [2H]C([2H])([2H])[N+]1(CCC(=O)N(C)CC(F)(F)C(F)(F)C(F)(F)CN(C)C(=O)CC[N+]2(C([2H])([2H])[2H])CCc3cc(OC)c(OC)cc3C2Cc2ccc(OC)c(OC)c2)CCc2cc(OC)c(OC)cc2C1Cc1ccc(OC)c(OC)c1. The maximum atomic E-state index is 15.9. The number of nitrogens with zero attached hydrogens (tertiary/aromatic N) is 4. The fourth-order valence-corrected chi connectivity index (χ4v) is 10.2. The van der Waals surface area contributed by atoms with Crippen LogP contribution in [-0.4, -0.2) is 173 Å². The van der Waals surface area contributed by atoms with Crippen LogP contribution < -0.4 is 37.9 Å². The molecule has 412 valence electrons. The average molecular weight is 1070 g/mol. The van der Waals surface area contributed by atoms with Crippen LogP contribution in [0, 0.1) is 0 Å². The Morgan fingerprint density at radius 3 is 1.16 bits per heavy atom. The van der Waals surface area contributed by atoms with Crippen molar-refractivity contribution in [3.05, 3.63) is 94.0 Å². The van der Waals surface area contributed by atoms with Crippen LogP contribution in [0.2, 0.25) is 0 Å². The second-order valence-electron chi connectivity index (χ2n) is 19.1. The smallest absolute Gasteiger partial charge is 0.375 e. The van der Waals surface area contributed by atoms with Gasteiger partial charge in [0.25, 0.3) is 0 Å². The molecule has 14 nitrogen and oxygen atoms in total. The molecule has 20 heteroatoms. The highest BCUT2D eigenvalue weighted by Gasteiger charge is 2.72. The minimum atomic E-state index is -6.18. The normalized spacial score (nSPS) is 21.0. The summed E-state index contributed by atoms with van der Waals surface area (Å²) in [6.45, 7) is -11.4. The zero-order chi connectivity index (χ0) is 60.3. The molecule has 0 bridgehead atoms. The van der Waals surface area contributed by atoms with E-state index in [2.05, 4.69) is 0 Å². The quantitative estimate of drug-likeness (QED) is 0.0500. The molecule has 0 aromatic heterocycles. The third kappa shape index (κ3) is 12.1. The standard InChI is InChI=1S/C55H72F6N4O10/c1-62(51(66)19-23-64(3)21-17-37-29-47(72-9)49(74-11)31-39(37)41(64)25-35-13-15-43(68-5)45(27-35)70-7)33-53(56,57)55(60,61)54(58,59)34-63(2)52(67)20-24-65(4)22-18-38-30-48(73-10)50(75-12)32-40(38)42(65)26-36-14-16-44(69-6)46(28-36)71-8/h13-16,27-32,41-42H,17-26,33-34H2,1-12H3/q+2/i3D3,4D3. The van der Waals surface area contributed by atoms with Gasteiger partial charge in [-0.1, -0.05) is 12.1 Å². The third-order valence-corrected chi connectivity index (χ3v) is 14.6. The molecular weight excluding hydrogens is 991 g/mol. The van der Waals surface area contributed by atoms with Crippen LogP contribution in [-0.2, 0) is 35.3 Å². The zero-order valence-corrected chi connectivity index (χ0v) is 44.1. The molecule has 75 heavy (non-hydrogen) atoms. The van der Waals surface area contributed by atoms with Crippen molar-refractivity contribution in [1.82, 2.24) is 9.80 Å². The van der Waals surface area contributed by atoms with Gasteiger partial charge < -0.3 is 56.7 Å². The third-order valence-electron chi connectivity index (χ3n) is 14.6. The fraction of sp³-hybridized carbons (Fsp3) is 0.527. The lowest BCUT2D eigenvalue weighted by Crippen LogP contribution is -2.62. The van der Waals surface area contributed by atoms with Crippen molar-refractivity contribution in [1.29, 1.82) is 0 Å². The molecule has 2 aliphatic rings. The van der Waals surface area contributed by atoms with E-state index < -0.39 is 104 Å². The molecule has 4 aromatic rings. The van der Waals surface area contributed by atoms with Crippen LogP contribution in [0.1, 0.15) is 66.5 Å². The average Bonchev–Trinajstić information content (AvgIpc) is 3.57. The van der Waals surface area contributed by atoms with E-state index in [4.69, 9.17) is 46.1 Å². The van der Waals surface area contributed by atoms with Crippen LogP contribution >= 0.6 is 0 Å². The Balaban J connectivity index is 1.21. The van der Waals surface area contributed by atoms with E-state index in [1.807, 2.05) is 0 Å². The van der Waals surface area contributed by atoms with Crippen molar-refractivity contribution in [2.24, 2.45) is 0 Å². The molecule has 0 saturated carbocycles. The highest BCUT2D eigenvalue weighted by molar-refractivity contribution is 5.76. The van der Waals surface area contributed by atoms with Gasteiger partial charge in [-0.15, -0.1) is 0 Å². The summed E-state index contributed by atoms with van der Waals surface area (Å²) < 4.78 is 191. The van der Waals surface area contributed by atoms with Crippen molar-refractivity contribution < 1.29 is 91.0 Å². The number of amides is 2. The highest BCUT2D eigenvalue weighted by Crippen LogP contribution is 2.48. The predicted molar refractivity (Wildman–Crippen MR) is 270 cm³/mol.